The summed E-state index contributed by atoms with van der Waals surface area (Å²) in [6.07, 6.45) is 5.18. The highest BCUT2D eigenvalue weighted by molar-refractivity contribution is 6.04. The molecule has 0 unspecified atom stereocenters. The summed E-state index contributed by atoms with van der Waals surface area (Å²) in [4.78, 5) is 23.2. The molecule has 0 spiro atoms. The molecule has 0 atom stereocenters. The number of aromatic nitrogens is 2. The molecule has 0 saturated carbocycles. The van der Waals surface area contributed by atoms with Gasteiger partial charge < -0.3 is 15.0 Å². The second-order valence-electron chi connectivity index (χ2n) is 5.41. The standard InChI is InChI=1S/C18H24N4O2/c1-4-10-22(11-5-2)18-19-12-14(13-20-18)17(23)21-15-8-6-7-9-16(15)24-3/h6-9,12-13H,4-5,10-11H2,1-3H3,(H,21,23). The number of benzene rings is 1. The van der Waals surface area contributed by atoms with Crippen LogP contribution in [0.15, 0.2) is 36.7 Å². The van der Waals surface area contributed by atoms with Gasteiger partial charge in [-0.2, -0.15) is 0 Å². The van der Waals surface area contributed by atoms with Crippen molar-refractivity contribution in [2.24, 2.45) is 0 Å². The summed E-state index contributed by atoms with van der Waals surface area (Å²) in [6, 6.07) is 7.27. The fraction of sp³-hybridized carbons (Fsp3) is 0.389. The van der Waals surface area contributed by atoms with Crippen LogP contribution in [0.3, 0.4) is 0 Å². The van der Waals surface area contributed by atoms with Crippen LogP contribution in [0.4, 0.5) is 11.6 Å². The molecule has 0 aliphatic heterocycles. The van der Waals surface area contributed by atoms with Crippen molar-refractivity contribution in [3.8, 4) is 5.75 Å². The minimum absolute atomic E-state index is 0.261. The van der Waals surface area contributed by atoms with Crippen molar-refractivity contribution in [3.63, 3.8) is 0 Å². The first kappa shape index (κ1) is 17.7. The predicted octanol–water partition coefficient (Wildman–Crippen LogP) is 3.36. The number of ether oxygens (including phenoxy) is 1. The van der Waals surface area contributed by atoms with Crippen LogP contribution >= 0.6 is 0 Å². The molecular weight excluding hydrogens is 304 g/mol. The lowest BCUT2D eigenvalue weighted by atomic mass is 10.2. The van der Waals surface area contributed by atoms with Crippen molar-refractivity contribution < 1.29 is 9.53 Å². The summed E-state index contributed by atoms with van der Waals surface area (Å²) >= 11 is 0. The van der Waals surface area contributed by atoms with E-state index >= 15 is 0 Å². The number of methoxy groups -OCH3 is 1. The van der Waals surface area contributed by atoms with Gasteiger partial charge in [0.1, 0.15) is 5.75 Å². The quantitative estimate of drug-likeness (QED) is 0.805. The fourth-order valence-corrected chi connectivity index (χ4v) is 2.40. The Kier molecular flexibility index (Phi) is 6.54. The molecule has 0 aliphatic rings. The lowest BCUT2D eigenvalue weighted by Gasteiger charge is -2.21. The number of nitrogens with one attached hydrogen (secondary N) is 1. The maximum atomic E-state index is 12.4. The number of rotatable bonds is 8. The molecule has 1 N–H and O–H groups in total. The molecule has 6 nitrogen and oxygen atoms in total. The Bertz CT molecular complexity index is 652. The van der Waals surface area contributed by atoms with Gasteiger partial charge in [0.25, 0.3) is 5.91 Å². The molecule has 6 heteroatoms. The van der Waals surface area contributed by atoms with Crippen molar-refractivity contribution in [2.75, 3.05) is 30.4 Å². The zero-order valence-corrected chi connectivity index (χ0v) is 14.5. The van der Waals surface area contributed by atoms with Crippen molar-refractivity contribution in [1.29, 1.82) is 0 Å². The highest BCUT2D eigenvalue weighted by Crippen LogP contribution is 2.23. The average Bonchev–Trinajstić information content (AvgIpc) is 2.62. The van der Waals surface area contributed by atoms with Crippen molar-refractivity contribution in [3.05, 3.63) is 42.2 Å². The van der Waals surface area contributed by atoms with E-state index in [0.717, 1.165) is 25.9 Å². The van der Waals surface area contributed by atoms with Crippen LogP contribution in [0.2, 0.25) is 0 Å². The van der Waals surface area contributed by atoms with E-state index in [9.17, 15) is 4.79 Å². The Balaban J connectivity index is 2.10. The van der Waals surface area contributed by atoms with Crippen LogP contribution in [-0.4, -0.2) is 36.1 Å². The summed E-state index contributed by atoms with van der Waals surface area (Å²) < 4.78 is 5.23. The highest BCUT2D eigenvalue weighted by atomic mass is 16.5. The number of hydrogen-bond donors (Lipinski definition) is 1. The van der Waals surface area contributed by atoms with Gasteiger partial charge in [-0.25, -0.2) is 9.97 Å². The monoisotopic (exact) mass is 328 g/mol. The first-order chi connectivity index (χ1) is 11.7. The third-order valence-electron chi connectivity index (χ3n) is 3.53. The van der Waals surface area contributed by atoms with Gasteiger partial charge >= 0.3 is 0 Å². The molecule has 0 radical (unpaired) electrons. The van der Waals surface area contributed by atoms with Gasteiger partial charge in [-0.05, 0) is 25.0 Å². The van der Waals surface area contributed by atoms with Gasteiger partial charge in [0.05, 0.1) is 18.4 Å². The highest BCUT2D eigenvalue weighted by Gasteiger charge is 2.12. The molecule has 0 fully saturated rings. The van der Waals surface area contributed by atoms with Crippen molar-refractivity contribution in [1.82, 2.24) is 9.97 Å². The van der Waals surface area contributed by atoms with Crippen LogP contribution in [0.1, 0.15) is 37.0 Å². The average molecular weight is 328 g/mol. The number of nitrogens with zero attached hydrogens (tertiary/aromatic N) is 3. The second kappa shape index (κ2) is 8.86. The molecule has 1 amide bonds. The van der Waals surface area contributed by atoms with E-state index in [0.29, 0.717) is 22.9 Å². The van der Waals surface area contributed by atoms with E-state index in [1.807, 2.05) is 12.1 Å². The molecule has 1 heterocycles. The summed E-state index contributed by atoms with van der Waals surface area (Å²) in [6.45, 7) is 6.05. The van der Waals surface area contributed by atoms with Gasteiger partial charge in [-0.3, -0.25) is 4.79 Å². The van der Waals surface area contributed by atoms with E-state index in [-0.39, 0.29) is 5.91 Å². The Labute approximate surface area is 142 Å². The largest absolute Gasteiger partial charge is 0.495 e. The van der Waals surface area contributed by atoms with E-state index in [4.69, 9.17) is 4.74 Å². The smallest absolute Gasteiger partial charge is 0.258 e. The number of para-hydroxylation sites is 2. The van der Waals surface area contributed by atoms with Gasteiger partial charge in [0, 0.05) is 25.5 Å². The Hall–Kier alpha value is -2.63. The molecule has 1 aromatic carbocycles. The molecule has 1 aromatic heterocycles. The Morgan fingerprint density at radius 1 is 1.12 bits per heavy atom. The number of amides is 1. The maximum absolute atomic E-state index is 12.4. The molecule has 2 rings (SSSR count). The molecule has 0 aliphatic carbocycles. The zero-order valence-electron chi connectivity index (χ0n) is 14.5. The van der Waals surface area contributed by atoms with Crippen LogP contribution in [-0.2, 0) is 0 Å². The summed E-state index contributed by atoms with van der Waals surface area (Å²) in [5, 5.41) is 2.82. The molecule has 128 valence electrons. The van der Waals surface area contributed by atoms with Gasteiger partial charge in [0.2, 0.25) is 5.95 Å². The molecule has 24 heavy (non-hydrogen) atoms. The molecular formula is C18H24N4O2. The van der Waals surface area contributed by atoms with Crippen molar-refractivity contribution in [2.45, 2.75) is 26.7 Å². The normalized spacial score (nSPS) is 10.3. The first-order valence-corrected chi connectivity index (χ1v) is 8.21. The summed E-state index contributed by atoms with van der Waals surface area (Å²) in [7, 11) is 1.57. The van der Waals surface area contributed by atoms with Crippen LogP contribution < -0.4 is 15.0 Å². The molecule has 0 bridgehead atoms. The van der Waals surface area contributed by atoms with Crippen LogP contribution in [0.5, 0.6) is 5.75 Å². The maximum Gasteiger partial charge on any atom is 0.258 e. The second-order valence-corrected chi connectivity index (χ2v) is 5.41. The fourth-order valence-electron chi connectivity index (χ4n) is 2.40. The lowest BCUT2D eigenvalue weighted by Crippen LogP contribution is -2.27. The molecule has 0 saturated heterocycles. The number of anilines is 2. The number of carbonyl (C=O) groups is 1. The molecule has 2 aromatic rings. The van der Waals surface area contributed by atoms with Gasteiger partial charge in [-0.15, -0.1) is 0 Å². The topological polar surface area (TPSA) is 67.4 Å². The minimum atomic E-state index is -0.261. The minimum Gasteiger partial charge on any atom is -0.495 e. The van der Waals surface area contributed by atoms with E-state index in [2.05, 4.69) is 34.0 Å². The number of hydrogen-bond acceptors (Lipinski definition) is 5. The van der Waals surface area contributed by atoms with Crippen LogP contribution in [0, 0.1) is 0 Å². The Morgan fingerprint density at radius 3 is 2.33 bits per heavy atom. The van der Waals surface area contributed by atoms with E-state index in [1.54, 1.807) is 31.6 Å². The lowest BCUT2D eigenvalue weighted by molar-refractivity contribution is 0.102. The Morgan fingerprint density at radius 2 is 1.75 bits per heavy atom. The predicted molar refractivity (Wildman–Crippen MR) is 95.8 cm³/mol. The SMILES string of the molecule is CCCN(CCC)c1ncc(C(=O)Nc2ccccc2OC)cn1. The van der Waals surface area contributed by atoms with Crippen molar-refractivity contribution >= 4 is 17.5 Å². The zero-order chi connectivity index (χ0) is 17.4. The number of carbonyl (C=O) groups excluding carboxylic acids is 1. The first-order valence-electron chi connectivity index (χ1n) is 8.21. The van der Waals surface area contributed by atoms with Crippen LogP contribution in [0.25, 0.3) is 0 Å². The summed E-state index contributed by atoms with van der Waals surface area (Å²) in [5.74, 6) is 1.01. The van der Waals surface area contributed by atoms with E-state index < -0.39 is 0 Å². The third-order valence-corrected chi connectivity index (χ3v) is 3.53. The summed E-state index contributed by atoms with van der Waals surface area (Å²) in [5.41, 5.74) is 1.03. The van der Waals surface area contributed by atoms with E-state index in [1.165, 1.54) is 0 Å². The van der Waals surface area contributed by atoms with Gasteiger partial charge in [-0.1, -0.05) is 26.0 Å². The van der Waals surface area contributed by atoms with Gasteiger partial charge in [0.15, 0.2) is 0 Å². The third kappa shape index (κ3) is 4.44.